The minimum absolute atomic E-state index is 0.138. The number of hydrogen-bond donors (Lipinski definition) is 1. The first-order valence-corrected chi connectivity index (χ1v) is 5.62. The first-order chi connectivity index (χ1) is 6.15. The summed E-state index contributed by atoms with van der Waals surface area (Å²) in [7, 11) is 0. The van der Waals surface area contributed by atoms with Crippen molar-refractivity contribution in [2.24, 2.45) is 0 Å². The number of aliphatic hydroxyl groups is 1. The third-order valence-electron chi connectivity index (χ3n) is 1.55. The molecule has 1 aromatic heterocycles. The van der Waals surface area contributed by atoms with Crippen molar-refractivity contribution in [3.63, 3.8) is 0 Å². The molecule has 0 saturated carbocycles. The molecule has 1 heterocycles. The standard InChI is InChI=1S/C8H8Br2FNO/c9-4-3-7(13)6-2-1-5(11)8(10)12-6/h1-2,7,13H,3-4H2. The summed E-state index contributed by atoms with van der Waals surface area (Å²) in [5.41, 5.74) is 0.479. The van der Waals surface area contributed by atoms with Gasteiger partial charge in [-0.1, -0.05) is 15.9 Å². The average molecular weight is 313 g/mol. The van der Waals surface area contributed by atoms with Gasteiger partial charge in [0.1, 0.15) is 4.60 Å². The molecule has 0 fully saturated rings. The van der Waals surface area contributed by atoms with E-state index in [0.29, 0.717) is 17.4 Å². The molecular formula is C8H8Br2FNO. The Morgan fingerprint density at radius 2 is 2.23 bits per heavy atom. The smallest absolute Gasteiger partial charge is 0.155 e. The SMILES string of the molecule is OC(CCBr)c1ccc(F)c(Br)n1. The zero-order valence-corrected chi connectivity index (χ0v) is 9.85. The summed E-state index contributed by atoms with van der Waals surface area (Å²) in [5.74, 6) is -0.421. The molecule has 1 rings (SSSR count). The van der Waals surface area contributed by atoms with Crippen LogP contribution in [-0.4, -0.2) is 15.4 Å². The molecule has 1 N–H and O–H groups in total. The fourth-order valence-corrected chi connectivity index (χ4v) is 1.64. The Morgan fingerprint density at radius 3 is 2.77 bits per heavy atom. The van der Waals surface area contributed by atoms with Crippen LogP contribution in [0.2, 0.25) is 0 Å². The molecule has 0 aromatic carbocycles. The quantitative estimate of drug-likeness (QED) is 0.688. The summed E-state index contributed by atoms with van der Waals surface area (Å²) in [6.07, 6.45) is -0.0818. The maximum atomic E-state index is 12.7. The second-order valence-corrected chi connectivity index (χ2v) is 4.05. The molecule has 0 saturated heterocycles. The minimum Gasteiger partial charge on any atom is -0.387 e. The Labute approximate surface area is 92.4 Å². The topological polar surface area (TPSA) is 33.1 Å². The number of hydrogen-bond acceptors (Lipinski definition) is 2. The Kier molecular flexibility index (Phi) is 4.28. The van der Waals surface area contributed by atoms with E-state index >= 15 is 0 Å². The van der Waals surface area contributed by atoms with Gasteiger partial charge in [-0.2, -0.15) is 0 Å². The van der Waals surface area contributed by atoms with Crippen LogP contribution in [0.3, 0.4) is 0 Å². The Balaban J connectivity index is 2.84. The largest absolute Gasteiger partial charge is 0.387 e. The van der Waals surface area contributed by atoms with E-state index in [1.165, 1.54) is 12.1 Å². The second kappa shape index (κ2) is 5.02. The summed E-state index contributed by atoms with van der Waals surface area (Å²) in [5, 5.41) is 10.2. The normalized spacial score (nSPS) is 12.9. The zero-order chi connectivity index (χ0) is 9.84. The van der Waals surface area contributed by atoms with E-state index in [0.717, 1.165) is 0 Å². The van der Waals surface area contributed by atoms with E-state index in [1.807, 2.05) is 0 Å². The second-order valence-electron chi connectivity index (χ2n) is 2.50. The van der Waals surface area contributed by atoms with Gasteiger partial charge in [0.2, 0.25) is 0 Å². The number of aromatic nitrogens is 1. The summed E-state index contributed by atoms with van der Waals surface area (Å²) in [4.78, 5) is 3.86. The summed E-state index contributed by atoms with van der Waals surface area (Å²) >= 11 is 6.16. The van der Waals surface area contributed by atoms with Crippen LogP contribution in [0.15, 0.2) is 16.7 Å². The van der Waals surface area contributed by atoms with Crippen molar-refractivity contribution in [2.75, 3.05) is 5.33 Å². The Bertz CT molecular complexity index is 295. The molecule has 0 aliphatic heterocycles. The third-order valence-corrected chi connectivity index (χ3v) is 2.56. The molecule has 1 atom stereocenters. The van der Waals surface area contributed by atoms with Crippen molar-refractivity contribution in [1.29, 1.82) is 0 Å². The van der Waals surface area contributed by atoms with Crippen molar-refractivity contribution < 1.29 is 9.50 Å². The van der Waals surface area contributed by atoms with Gasteiger partial charge in [-0.15, -0.1) is 0 Å². The van der Waals surface area contributed by atoms with E-state index in [2.05, 4.69) is 36.8 Å². The highest BCUT2D eigenvalue weighted by Gasteiger charge is 2.10. The fourth-order valence-electron chi connectivity index (χ4n) is 0.868. The van der Waals surface area contributed by atoms with Crippen molar-refractivity contribution in [3.8, 4) is 0 Å². The number of rotatable bonds is 3. The van der Waals surface area contributed by atoms with Crippen LogP contribution in [0.1, 0.15) is 18.2 Å². The van der Waals surface area contributed by atoms with Crippen LogP contribution >= 0.6 is 31.9 Å². The number of aliphatic hydroxyl groups excluding tert-OH is 1. The van der Waals surface area contributed by atoms with Crippen LogP contribution in [0, 0.1) is 5.82 Å². The van der Waals surface area contributed by atoms with E-state index in [-0.39, 0.29) is 4.60 Å². The van der Waals surface area contributed by atoms with Gasteiger partial charge in [0, 0.05) is 5.33 Å². The minimum atomic E-state index is -0.642. The monoisotopic (exact) mass is 311 g/mol. The average Bonchev–Trinajstić information content (AvgIpc) is 2.10. The molecule has 0 radical (unpaired) electrons. The van der Waals surface area contributed by atoms with E-state index in [4.69, 9.17) is 0 Å². The highest BCUT2D eigenvalue weighted by Crippen LogP contribution is 2.19. The Morgan fingerprint density at radius 1 is 1.54 bits per heavy atom. The van der Waals surface area contributed by atoms with Crippen LogP contribution < -0.4 is 0 Å². The first kappa shape index (κ1) is 11.1. The maximum Gasteiger partial charge on any atom is 0.155 e. The molecule has 2 nitrogen and oxygen atoms in total. The van der Waals surface area contributed by atoms with Gasteiger partial charge in [-0.05, 0) is 34.5 Å². The number of pyridine rings is 1. The van der Waals surface area contributed by atoms with Gasteiger partial charge < -0.3 is 5.11 Å². The number of nitrogens with zero attached hydrogens (tertiary/aromatic N) is 1. The van der Waals surface area contributed by atoms with Gasteiger partial charge in [0.25, 0.3) is 0 Å². The maximum absolute atomic E-state index is 12.7. The van der Waals surface area contributed by atoms with Crippen molar-refractivity contribution in [2.45, 2.75) is 12.5 Å². The summed E-state index contributed by atoms with van der Waals surface area (Å²) in [6.45, 7) is 0. The molecule has 13 heavy (non-hydrogen) atoms. The van der Waals surface area contributed by atoms with E-state index < -0.39 is 11.9 Å². The predicted octanol–water partition coefficient (Wildman–Crippen LogP) is 2.80. The lowest BCUT2D eigenvalue weighted by Gasteiger charge is -2.08. The van der Waals surface area contributed by atoms with Gasteiger partial charge >= 0.3 is 0 Å². The van der Waals surface area contributed by atoms with Crippen LogP contribution in [0.5, 0.6) is 0 Å². The molecule has 5 heteroatoms. The molecule has 1 unspecified atom stereocenters. The van der Waals surface area contributed by atoms with Gasteiger partial charge in [-0.3, -0.25) is 0 Å². The fraction of sp³-hybridized carbons (Fsp3) is 0.375. The van der Waals surface area contributed by atoms with Crippen molar-refractivity contribution >= 4 is 31.9 Å². The van der Waals surface area contributed by atoms with E-state index in [9.17, 15) is 9.50 Å². The number of halogens is 3. The summed E-state index contributed by atoms with van der Waals surface area (Å²) in [6, 6.07) is 2.76. The summed E-state index contributed by atoms with van der Waals surface area (Å²) < 4.78 is 12.9. The predicted molar refractivity (Wildman–Crippen MR) is 55.3 cm³/mol. The lowest BCUT2D eigenvalue weighted by Crippen LogP contribution is -2.01. The number of alkyl halides is 1. The molecule has 1 aromatic rings. The van der Waals surface area contributed by atoms with Crippen LogP contribution in [0.4, 0.5) is 4.39 Å². The third kappa shape index (κ3) is 3.00. The molecule has 0 aliphatic rings. The molecule has 72 valence electrons. The molecular weight excluding hydrogens is 305 g/mol. The van der Waals surface area contributed by atoms with E-state index in [1.54, 1.807) is 0 Å². The lowest BCUT2D eigenvalue weighted by atomic mass is 10.2. The molecule has 0 amide bonds. The Hall–Kier alpha value is -0.0000000000000000555. The lowest BCUT2D eigenvalue weighted by molar-refractivity contribution is 0.170. The first-order valence-electron chi connectivity index (χ1n) is 3.71. The molecule has 0 aliphatic carbocycles. The van der Waals surface area contributed by atoms with Gasteiger partial charge in [-0.25, -0.2) is 9.37 Å². The van der Waals surface area contributed by atoms with Crippen molar-refractivity contribution in [1.82, 2.24) is 4.98 Å². The van der Waals surface area contributed by atoms with Crippen LogP contribution in [0.25, 0.3) is 0 Å². The van der Waals surface area contributed by atoms with Gasteiger partial charge in [0.05, 0.1) is 11.8 Å². The highest BCUT2D eigenvalue weighted by atomic mass is 79.9. The molecule has 0 bridgehead atoms. The van der Waals surface area contributed by atoms with Gasteiger partial charge in [0.15, 0.2) is 5.82 Å². The molecule has 0 spiro atoms. The van der Waals surface area contributed by atoms with Crippen molar-refractivity contribution in [3.05, 3.63) is 28.2 Å². The zero-order valence-electron chi connectivity index (χ0n) is 6.67. The van der Waals surface area contributed by atoms with Crippen LogP contribution in [-0.2, 0) is 0 Å². The highest BCUT2D eigenvalue weighted by molar-refractivity contribution is 9.10.